The summed E-state index contributed by atoms with van der Waals surface area (Å²) in [5.41, 5.74) is 4.12. The highest BCUT2D eigenvalue weighted by atomic mass is 35.5. The molecule has 0 amide bonds. The third-order valence-corrected chi connectivity index (χ3v) is 2.55. The van der Waals surface area contributed by atoms with E-state index in [1.807, 2.05) is 37.3 Å². The molecule has 0 spiro atoms. The Morgan fingerprint density at radius 1 is 1.40 bits per heavy atom. The number of hydrogen-bond donors (Lipinski definition) is 1. The molecule has 1 unspecified atom stereocenters. The molecule has 3 N–H and O–H groups in total. The van der Waals surface area contributed by atoms with Gasteiger partial charge in [-0.3, -0.25) is 4.79 Å². The second-order valence-corrected chi connectivity index (χ2v) is 3.44. The van der Waals surface area contributed by atoms with Crippen LogP contribution in [-0.4, -0.2) is 19.6 Å². The van der Waals surface area contributed by atoms with Crippen molar-refractivity contribution < 1.29 is 27.7 Å². The van der Waals surface area contributed by atoms with Crippen LogP contribution in [0.15, 0.2) is 30.3 Å². The maximum atomic E-state index is 11.6. The van der Waals surface area contributed by atoms with Crippen molar-refractivity contribution in [3.8, 4) is 0 Å². The van der Waals surface area contributed by atoms with Gasteiger partial charge in [0.25, 0.3) is 0 Å². The number of halogens is 1. The third-order valence-electron chi connectivity index (χ3n) is 2.55. The van der Waals surface area contributed by atoms with Crippen LogP contribution in [0.25, 0.3) is 0 Å². The van der Waals surface area contributed by atoms with Gasteiger partial charge in [0.15, 0.2) is 0 Å². The van der Waals surface area contributed by atoms with Crippen LogP contribution in [0.5, 0.6) is 0 Å². The van der Waals surface area contributed by atoms with Gasteiger partial charge in [-0.1, -0.05) is 30.3 Å². The van der Waals surface area contributed by atoms with Crippen molar-refractivity contribution >= 4 is 5.97 Å². The number of quaternary nitrogens is 1. The first-order valence-electron chi connectivity index (χ1n) is 4.58. The smallest absolute Gasteiger partial charge is 0.321 e. The highest BCUT2D eigenvalue weighted by molar-refractivity contribution is 5.82. The number of esters is 1. The van der Waals surface area contributed by atoms with E-state index >= 15 is 0 Å². The summed E-state index contributed by atoms with van der Waals surface area (Å²) in [7, 11) is 1.40. The summed E-state index contributed by atoms with van der Waals surface area (Å²) in [6, 6.07) is 9.58. The zero-order valence-electron chi connectivity index (χ0n) is 9.00. The molecule has 0 radical (unpaired) electrons. The van der Waals surface area contributed by atoms with Gasteiger partial charge in [0.05, 0.1) is 13.7 Å². The lowest BCUT2D eigenvalue weighted by Gasteiger charge is -2.22. The summed E-state index contributed by atoms with van der Waals surface area (Å²) in [4.78, 5) is 11.6. The van der Waals surface area contributed by atoms with E-state index in [0.29, 0.717) is 6.54 Å². The molecule has 0 bridgehead atoms. The molecule has 1 aromatic carbocycles. The molecule has 0 aliphatic heterocycles. The van der Waals surface area contributed by atoms with Crippen molar-refractivity contribution in [2.45, 2.75) is 12.3 Å². The van der Waals surface area contributed by atoms with Crippen LogP contribution in [-0.2, 0) is 14.9 Å². The van der Waals surface area contributed by atoms with E-state index in [1.54, 1.807) is 0 Å². The normalized spacial score (nSPS) is 13.5. The topological polar surface area (TPSA) is 53.9 Å². The van der Waals surface area contributed by atoms with Crippen molar-refractivity contribution in [1.82, 2.24) is 0 Å². The predicted molar refractivity (Wildman–Crippen MR) is 53.6 cm³/mol. The fourth-order valence-electron chi connectivity index (χ4n) is 1.40. The van der Waals surface area contributed by atoms with E-state index < -0.39 is 5.41 Å². The first-order chi connectivity index (χ1) is 6.65. The zero-order valence-corrected chi connectivity index (χ0v) is 9.75. The van der Waals surface area contributed by atoms with Gasteiger partial charge in [-0.2, -0.15) is 0 Å². The van der Waals surface area contributed by atoms with Crippen LogP contribution in [0.4, 0.5) is 0 Å². The van der Waals surface area contributed by atoms with E-state index in [2.05, 4.69) is 5.73 Å². The van der Waals surface area contributed by atoms with Gasteiger partial charge in [0.2, 0.25) is 0 Å². The van der Waals surface area contributed by atoms with Crippen LogP contribution < -0.4 is 18.1 Å². The van der Waals surface area contributed by atoms with Crippen molar-refractivity contribution in [3.05, 3.63) is 35.9 Å². The molecule has 4 heteroatoms. The second kappa shape index (κ2) is 5.73. The molecule has 0 aliphatic carbocycles. The lowest BCUT2D eigenvalue weighted by atomic mass is 9.83. The molecule has 1 aromatic rings. The molecule has 0 heterocycles. The lowest BCUT2D eigenvalue weighted by molar-refractivity contribution is -0.379. The van der Waals surface area contributed by atoms with E-state index in [-0.39, 0.29) is 18.4 Å². The molecule has 0 aromatic heterocycles. The first-order valence-corrected chi connectivity index (χ1v) is 4.58. The predicted octanol–water partition coefficient (Wildman–Crippen LogP) is -2.64. The van der Waals surface area contributed by atoms with Gasteiger partial charge < -0.3 is 22.9 Å². The number of benzene rings is 1. The number of ether oxygens (including phenoxy) is 1. The molecule has 15 heavy (non-hydrogen) atoms. The molecule has 1 rings (SSSR count). The summed E-state index contributed by atoms with van der Waals surface area (Å²) in [6.45, 7) is 2.34. The van der Waals surface area contributed by atoms with Gasteiger partial charge in [-0.05, 0) is 12.5 Å². The average Bonchev–Trinajstić information content (AvgIpc) is 2.28. The Bertz CT molecular complexity index is 316. The minimum atomic E-state index is -0.629. The Morgan fingerprint density at radius 2 is 1.93 bits per heavy atom. The summed E-state index contributed by atoms with van der Waals surface area (Å²) < 4.78 is 4.78. The highest BCUT2D eigenvalue weighted by Gasteiger charge is 2.36. The molecular weight excluding hydrogens is 214 g/mol. The van der Waals surface area contributed by atoms with Gasteiger partial charge >= 0.3 is 5.97 Å². The monoisotopic (exact) mass is 229 g/mol. The van der Waals surface area contributed by atoms with Crippen LogP contribution in [0.2, 0.25) is 0 Å². The largest absolute Gasteiger partial charge is 1.00 e. The van der Waals surface area contributed by atoms with Crippen molar-refractivity contribution in [3.63, 3.8) is 0 Å². The Balaban J connectivity index is 0.00000196. The maximum Gasteiger partial charge on any atom is 0.321 e. The Morgan fingerprint density at radius 3 is 2.33 bits per heavy atom. The number of carbonyl (C=O) groups is 1. The van der Waals surface area contributed by atoms with Crippen LogP contribution in [0, 0.1) is 0 Å². The Labute approximate surface area is 96.0 Å². The van der Waals surface area contributed by atoms with Crippen LogP contribution >= 0.6 is 0 Å². The summed E-state index contributed by atoms with van der Waals surface area (Å²) in [5.74, 6) is -0.237. The van der Waals surface area contributed by atoms with Gasteiger partial charge in [0.1, 0.15) is 5.41 Å². The highest BCUT2D eigenvalue weighted by Crippen LogP contribution is 2.23. The van der Waals surface area contributed by atoms with E-state index in [0.717, 1.165) is 5.56 Å². The van der Waals surface area contributed by atoms with Crippen molar-refractivity contribution in [2.24, 2.45) is 0 Å². The number of carbonyl (C=O) groups excluding carboxylic acids is 1. The molecule has 0 aliphatic rings. The van der Waals surface area contributed by atoms with Crippen molar-refractivity contribution in [1.29, 1.82) is 0 Å². The molecule has 0 saturated carbocycles. The van der Waals surface area contributed by atoms with E-state index in [4.69, 9.17) is 4.74 Å². The van der Waals surface area contributed by atoms with Crippen LogP contribution in [0.3, 0.4) is 0 Å². The molecule has 1 atom stereocenters. The molecular formula is C11H16ClNO2. The average molecular weight is 230 g/mol. The minimum absolute atomic E-state index is 0. The number of methoxy groups -OCH3 is 1. The van der Waals surface area contributed by atoms with Gasteiger partial charge in [-0.15, -0.1) is 0 Å². The maximum absolute atomic E-state index is 11.6. The quantitative estimate of drug-likeness (QED) is 0.577. The van der Waals surface area contributed by atoms with Crippen molar-refractivity contribution in [2.75, 3.05) is 13.7 Å². The summed E-state index contributed by atoms with van der Waals surface area (Å²) in [6.07, 6.45) is 0. The minimum Gasteiger partial charge on any atom is -1.00 e. The molecule has 3 nitrogen and oxygen atoms in total. The Kier molecular flexibility index (Phi) is 5.33. The van der Waals surface area contributed by atoms with Gasteiger partial charge in [-0.25, -0.2) is 0 Å². The zero-order chi connectivity index (χ0) is 10.6. The fourth-order valence-corrected chi connectivity index (χ4v) is 1.40. The summed E-state index contributed by atoms with van der Waals surface area (Å²) in [5, 5.41) is 0. The molecule has 0 fully saturated rings. The molecule has 0 saturated heterocycles. The molecule has 84 valence electrons. The van der Waals surface area contributed by atoms with E-state index in [9.17, 15) is 4.79 Å². The number of rotatable bonds is 3. The SMILES string of the molecule is COC(=O)C(C)(C[NH3+])c1ccccc1.[Cl-]. The van der Waals surface area contributed by atoms with Crippen LogP contribution in [0.1, 0.15) is 12.5 Å². The van der Waals surface area contributed by atoms with E-state index in [1.165, 1.54) is 7.11 Å². The number of hydrogen-bond acceptors (Lipinski definition) is 2. The first kappa shape index (κ1) is 13.9. The lowest BCUT2D eigenvalue weighted by Crippen LogP contribution is -3.00. The summed E-state index contributed by atoms with van der Waals surface area (Å²) >= 11 is 0. The van der Waals surface area contributed by atoms with Gasteiger partial charge in [0, 0.05) is 0 Å². The standard InChI is InChI=1S/C11H15NO2.ClH/c1-11(8-12,10(13)14-2)9-6-4-3-5-7-9;/h3-7H,8,12H2,1-2H3;1H. The Hall–Kier alpha value is -1.06. The second-order valence-electron chi connectivity index (χ2n) is 3.44. The fraction of sp³-hybridized carbons (Fsp3) is 0.364. The third kappa shape index (κ3) is 2.70.